The predicted molar refractivity (Wildman–Crippen MR) is 103 cm³/mol. The Morgan fingerprint density at radius 3 is 2.26 bits per heavy atom. The average Bonchev–Trinajstić information content (AvgIpc) is 3.17. The summed E-state index contributed by atoms with van der Waals surface area (Å²) < 4.78 is 14.8. The molecule has 138 valence electrons. The molecule has 0 atom stereocenters. The topological polar surface area (TPSA) is 50.1 Å². The first-order valence-corrected chi connectivity index (χ1v) is 8.97. The Morgan fingerprint density at radius 1 is 0.889 bits per heavy atom. The van der Waals surface area contributed by atoms with Crippen molar-refractivity contribution in [2.75, 3.05) is 31.1 Å². The lowest BCUT2D eigenvalue weighted by Gasteiger charge is -2.35. The van der Waals surface area contributed by atoms with E-state index in [-0.39, 0.29) is 5.82 Å². The van der Waals surface area contributed by atoms with Gasteiger partial charge in [0, 0.05) is 44.1 Å². The second-order valence-corrected chi connectivity index (χ2v) is 6.60. The summed E-state index contributed by atoms with van der Waals surface area (Å²) >= 11 is 0. The first-order valence-electron chi connectivity index (χ1n) is 8.97. The molecular formula is C20H21FN6. The largest absolute Gasteiger partial charge is 0.374 e. The van der Waals surface area contributed by atoms with Crippen LogP contribution in [-0.2, 0) is 0 Å². The summed E-state index contributed by atoms with van der Waals surface area (Å²) in [5.74, 6) is 0.492. The summed E-state index contributed by atoms with van der Waals surface area (Å²) in [5, 5.41) is 12.0. The maximum atomic E-state index is 13.1. The van der Waals surface area contributed by atoms with Crippen molar-refractivity contribution >= 4 is 11.8 Å². The van der Waals surface area contributed by atoms with Crippen molar-refractivity contribution in [1.82, 2.24) is 25.1 Å². The fourth-order valence-electron chi connectivity index (χ4n) is 3.12. The molecule has 1 aliphatic rings. The second kappa shape index (κ2) is 7.57. The summed E-state index contributed by atoms with van der Waals surface area (Å²) in [5.41, 5.74) is 3.19. The van der Waals surface area contributed by atoms with Gasteiger partial charge in [-0.25, -0.2) is 4.39 Å². The van der Waals surface area contributed by atoms with Crippen LogP contribution in [-0.4, -0.2) is 51.3 Å². The van der Waals surface area contributed by atoms with E-state index in [0.717, 1.165) is 37.6 Å². The monoisotopic (exact) mass is 364 g/mol. The average molecular weight is 364 g/mol. The van der Waals surface area contributed by atoms with Crippen LogP contribution < -0.4 is 4.90 Å². The lowest BCUT2D eigenvalue weighted by Crippen LogP contribution is -2.44. The van der Waals surface area contributed by atoms with Gasteiger partial charge in [-0.2, -0.15) is 4.68 Å². The summed E-state index contributed by atoms with van der Waals surface area (Å²) in [6.45, 7) is 5.60. The normalized spacial score (nSPS) is 14.9. The molecule has 2 aromatic carbocycles. The number of nitrogens with zero attached hydrogens (tertiary/aromatic N) is 6. The van der Waals surface area contributed by atoms with Crippen molar-refractivity contribution < 1.29 is 4.39 Å². The molecule has 0 unspecified atom stereocenters. The van der Waals surface area contributed by atoms with Crippen molar-refractivity contribution in [3.63, 3.8) is 0 Å². The highest BCUT2D eigenvalue weighted by molar-refractivity contribution is 5.47. The van der Waals surface area contributed by atoms with Gasteiger partial charge in [-0.3, -0.25) is 0 Å². The molecular weight excluding hydrogens is 343 g/mol. The van der Waals surface area contributed by atoms with Gasteiger partial charge < -0.3 is 9.80 Å². The third kappa shape index (κ3) is 3.97. The minimum absolute atomic E-state index is 0.202. The minimum Gasteiger partial charge on any atom is -0.374 e. The molecule has 0 radical (unpaired) electrons. The molecule has 1 saturated heterocycles. The number of hydrogen-bond acceptors (Lipinski definition) is 5. The fraction of sp³-hybridized carbons (Fsp3) is 0.250. The number of aromatic nitrogens is 4. The highest BCUT2D eigenvalue weighted by Crippen LogP contribution is 2.17. The van der Waals surface area contributed by atoms with Gasteiger partial charge in [0.15, 0.2) is 5.82 Å². The number of benzene rings is 2. The summed E-state index contributed by atoms with van der Waals surface area (Å²) in [7, 11) is 0. The Kier molecular flexibility index (Phi) is 4.82. The summed E-state index contributed by atoms with van der Waals surface area (Å²) in [6.07, 6.45) is 3.98. The molecule has 1 fully saturated rings. The van der Waals surface area contributed by atoms with E-state index in [9.17, 15) is 4.39 Å². The van der Waals surface area contributed by atoms with Crippen LogP contribution in [0, 0.1) is 12.7 Å². The molecule has 1 aromatic heterocycles. The van der Waals surface area contributed by atoms with Crippen molar-refractivity contribution in [3.8, 4) is 5.69 Å². The molecule has 0 aliphatic carbocycles. The van der Waals surface area contributed by atoms with Gasteiger partial charge in [-0.1, -0.05) is 17.7 Å². The van der Waals surface area contributed by atoms with Crippen molar-refractivity contribution in [2.45, 2.75) is 6.92 Å². The van der Waals surface area contributed by atoms with Gasteiger partial charge in [0.25, 0.3) is 0 Å². The lowest BCUT2D eigenvalue weighted by molar-refractivity contribution is 0.351. The van der Waals surface area contributed by atoms with Crippen LogP contribution in [0.5, 0.6) is 0 Å². The van der Waals surface area contributed by atoms with Crippen LogP contribution in [0.25, 0.3) is 11.8 Å². The molecule has 6 nitrogen and oxygen atoms in total. The molecule has 7 heteroatoms. The molecule has 27 heavy (non-hydrogen) atoms. The standard InChI is InChI=1S/C20H21FN6/c1-16-2-6-19(7-3-16)27-20(22-23-24-27)10-11-25-12-14-26(15-13-25)18-8-4-17(21)5-9-18/h2-11H,12-15H2,1H3. The zero-order chi connectivity index (χ0) is 18.6. The van der Waals surface area contributed by atoms with Crippen LogP contribution in [0.4, 0.5) is 10.1 Å². The number of hydrogen-bond donors (Lipinski definition) is 0. The van der Waals surface area contributed by atoms with Gasteiger partial charge >= 0.3 is 0 Å². The predicted octanol–water partition coefficient (Wildman–Crippen LogP) is 2.90. The number of rotatable bonds is 4. The zero-order valence-electron chi connectivity index (χ0n) is 15.2. The highest BCUT2D eigenvalue weighted by Gasteiger charge is 2.15. The lowest BCUT2D eigenvalue weighted by atomic mass is 10.2. The molecule has 0 spiro atoms. The second-order valence-electron chi connectivity index (χ2n) is 6.60. The van der Waals surface area contributed by atoms with Gasteiger partial charge in [-0.05, 0) is 53.7 Å². The van der Waals surface area contributed by atoms with E-state index < -0.39 is 0 Å². The van der Waals surface area contributed by atoms with Crippen molar-refractivity contribution in [1.29, 1.82) is 0 Å². The molecule has 0 N–H and O–H groups in total. The van der Waals surface area contributed by atoms with Crippen molar-refractivity contribution in [2.24, 2.45) is 0 Å². The van der Waals surface area contributed by atoms with E-state index in [4.69, 9.17) is 0 Å². The number of anilines is 1. The number of tetrazole rings is 1. The summed E-state index contributed by atoms with van der Waals surface area (Å²) in [4.78, 5) is 4.51. The molecule has 3 aromatic rings. The zero-order valence-corrected chi connectivity index (χ0v) is 15.2. The Hall–Kier alpha value is -3.22. The van der Waals surface area contributed by atoms with Gasteiger partial charge in [0.05, 0.1) is 5.69 Å². The van der Waals surface area contributed by atoms with E-state index in [1.165, 1.54) is 17.7 Å². The Bertz CT molecular complexity index is 908. The number of halogens is 1. The first-order chi connectivity index (χ1) is 13.2. The van der Waals surface area contributed by atoms with E-state index in [1.807, 2.05) is 48.7 Å². The van der Waals surface area contributed by atoms with Crippen molar-refractivity contribution in [3.05, 3.63) is 71.9 Å². The maximum absolute atomic E-state index is 13.1. The molecule has 2 heterocycles. The van der Waals surface area contributed by atoms with Gasteiger partial charge in [-0.15, -0.1) is 5.10 Å². The van der Waals surface area contributed by atoms with E-state index in [1.54, 1.807) is 4.68 Å². The van der Waals surface area contributed by atoms with E-state index in [0.29, 0.717) is 5.82 Å². The molecule has 1 aliphatic heterocycles. The maximum Gasteiger partial charge on any atom is 0.181 e. The Morgan fingerprint density at radius 2 is 1.56 bits per heavy atom. The van der Waals surface area contributed by atoms with Crippen LogP contribution in [0.15, 0.2) is 54.7 Å². The smallest absolute Gasteiger partial charge is 0.181 e. The van der Waals surface area contributed by atoms with Crippen LogP contribution in [0.3, 0.4) is 0 Å². The number of piperazine rings is 1. The third-order valence-electron chi connectivity index (χ3n) is 4.71. The fourth-order valence-corrected chi connectivity index (χ4v) is 3.12. The van der Waals surface area contributed by atoms with Crippen LogP contribution in [0.2, 0.25) is 0 Å². The molecule has 0 amide bonds. The first kappa shape index (κ1) is 17.2. The number of aryl methyl sites for hydroxylation is 1. The third-order valence-corrected chi connectivity index (χ3v) is 4.71. The quantitative estimate of drug-likeness (QED) is 0.712. The van der Waals surface area contributed by atoms with E-state index >= 15 is 0 Å². The molecule has 4 rings (SSSR count). The van der Waals surface area contributed by atoms with Gasteiger partial charge in [0.1, 0.15) is 5.82 Å². The molecule has 0 saturated carbocycles. The highest BCUT2D eigenvalue weighted by atomic mass is 19.1. The molecule has 0 bridgehead atoms. The van der Waals surface area contributed by atoms with Crippen LogP contribution in [0.1, 0.15) is 11.4 Å². The minimum atomic E-state index is -0.202. The Labute approximate surface area is 157 Å². The Balaban J connectivity index is 1.40. The SMILES string of the molecule is Cc1ccc(-n2nnnc2C=CN2CCN(c3ccc(F)cc3)CC2)cc1. The van der Waals surface area contributed by atoms with E-state index in [2.05, 4.69) is 32.2 Å². The van der Waals surface area contributed by atoms with Gasteiger partial charge in [0.2, 0.25) is 0 Å². The summed E-state index contributed by atoms with van der Waals surface area (Å²) in [6, 6.07) is 14.8. The van der Waals surface area contributed by atoms with Crippen LogP contribution >= 0.6 is 0 Å².